The molecule has 3 atom stereocenters. The number of amides is 2. The predicted octanol–water partition coefficient (Wildman–Crippen LogP) is 3.77. The highest BCUT2D eigenvalue weighted by molar-refractivity contribution is 7.21. The van der Waals surface area contributed by atoms with E-state index in [4.69, 9.17) is 16.3 Å². The van der Waals surface area contributed by atoms with E-state index in [2.05, 4.69) is 24.5 Å². The molecule has 0 saturated heterocycles. The van der Waals surface area contributed by atoms with Crippen molar-refractivity contribution in [3.63, 3.8) is 0 Å². The normalized spacial score (nSPS) is 21.6. The van der Waals surface area contributed by atoms with Crippen LogP contribution in [0.5, 0.6) is 0 Å². The summed E-state index contributed by atoms with van der Waals surface area (Å²) in [6, 6.07) is 7.54. The van der Waals surface area contributed by atoms with E-state index >= 15 is 0 Å². The molecule has 3 unspecified atom stereocenters. The monoisotopic (exact) mass is 436 g/mol. The van der Waals surface area contributed by atoms with Gasteiger partial charge in [-0.15, -0.1) is 11.3 Å². The third-order valence-electron chi connectivity index (χ3n) is 5.55. The molecule has 0 spiro atoms. The lowest BCUT2D eigenvalue weighted by Crippen LogP contribution is -2.45. The Morgan fingerprint density at radius 3 is 2.72 bits per heavy atom. The number of ether oxygens (including phenoxy) is 1. The van der Waals surface area contributed by atoms with E-state index in [-0.39, 0.29) is 25.1 Å². The van der Waals surface area contributed by atoms with Gasteiger partial charge in [0.25, 0.3) is 11.8 Å². The minimum atomic E-state index is -0.671. The van der Waals surface area contributed by atoms with Crippen LogP contribution in [0.1, 0.15) is 42.8 Å². The summed E-state index contributed by atoms with van der Waals surface area (Å²) in [4.78, 5) is 36.7. The number of halogens is 1. The smallest absolute Gasteiger partial charge is 0.325 e. The van der Waals surface area contributed by atoms with Gasteiger partial charge in [-0.2, -0.15) is 0 Å². The number of rotatable bonds is 6. The van der Waals surface area contributed by atoms with Crippen molar-refractivity contribution in [3.05, 3.63) is 34.2 Å². The lowest BCUT2D eigenvalue weighted by Gasteiger charge is -2.34. The molecule has 6 nitrogen and oxygen atoms in total. The maximum atomic E-state index is 12.3. The molecule has 1 saturated carbocycles. The molecule has 1 aliphatic rings. The van der Waals surface area contributed by atoms with Gasteiger partial charge >= 0.3 is 5.97 Å². The van der Waals surface area contributed by atoms with Gasteiger partial charge in [-0.3, -0.25) is 14.4 Å². The van der Waals surface area contributed by atoms with Crippen LogP contribution in [0.25, 0.3) is 10.1 Å². The first kappa shape index (κ1) is 21.6. The average molecular weight is 437 g/mol. The number of carbonyl (C=O) groups is 3. The molecule has 2 aromatic rings. The number of hydrogen-bond acceptors (Lipinski definition) is 5. The zero-order chi connectivity index (χ0) is 21.0. The van der Waals surface area contributed by atoms with Gasteiger partial charge in [0.1, 0.15) is 11.4 Å². The molecule has 156 valence electrons. The van der Waals surface area contributed by atoms with Crippen molar-refractivity contribution >= 4 is 50.8 Å². The van der Waals surface area contributed by atoms with Gasteiger partial charge in [-0.05, 0) is 24.3 Å². The van der Waals surface area contributed by atoms with Crippen LogP contribution in [-0.2, 0) is 14.3 Å². The minimum absolute atomic E-state index is 0.111. The summed E-state index contributed by atoms with van der Waals surface area (Å²) >= 11 is 7.53. The molecule has 8 heteroatoms. The van der Waals surface area contributed by atoms with Crippen molar-refractivity contribution < 1.29 is 19.1 Å². The third kappa shape index (κ3) is 5.28. The van der Waals surface area contributed by atoms with Gasteiger partial charge in [0.2, 0.25) is 0 Å². The van der Waals surface area contributed by atoms with Crippen molar-refractivity contribution in [3.8, 4) is 0 Å². The summed E-state index contributed by atoms with van der Waals surface area (Å²) in [5.74, 6) is -0.470. The zero-order valence-electron chi connectivity index (χ0n) is 16.5. The summed E-state index contributed by atoms with van der Waals surface area (Å²) in [5.41, 5.74) is 0. The number of nitrogens with one attached hydrogen (secondary N) is 2. The van der Waals surface area contributed by atoms with Crippen LogP contribution in [0.4, 0.5) is 0 Å². The molecule has 3 rings (SSSR count). The quantitative estimate of drug-likeness (QED) is 0.675. The molecular weight excluding hydrogens is 412 g/mol. The van der Waals surface area contributed by atoms with Crippen LogP contribution >= 0.6 is 22.9 Å². The Hall–Kier alpha value is -2.12. The second kappa shape index (κ2) is 9.59. The van der Waals surface area contributed by atoms with E-state index in [1.54, 1.807) is 0 Å². The third-order valence-corrected chi connectivity index (χ3v) is 7.23. The Morgan fingerprint density at radius 1 is 1.21 bits per heavy atom. The Morgan fingerprint density at radius 2 is 1.97 bits per heavy atom. The van der Waals surface area contributed by atoms with Gasteiger partial charge in [0.15, 0.2) is 6.61 Å². The van der Waals surface area contributed by atoms with Crippen LogP contribution in [0.15, 0.2) is 24.3 Å². The van der Waals surface area contributed by atoms with Crippen molar-refractivity contribution in [1.29, 1.82) is 0 Å². The second-order valence-electron chi connectivity index (χ2n) is 7.53. The van der Waals surface area contributed by atoms with Crippen LogP contribution < -0.4 is 10.6 Å². The summed E-state index contributed by atoms with van der Waals surface area (Å²) in [6.07, 6.45) is 3.20. The fraction of sp³-hybridized carbons (Fsp3) is 0.476. The number of hydrogen-bond donors (Lipinski definition) is 2. The van der Waals surface area contributed by atoms with Gasteiger partial charge in [0, 0.05) is 16.1 Å². The number of carbonyl (C=O) groups excluding carboxylic acids is 3. The fourth-order valence-corrected chi connectivity index (χ4v) is 5.06. The number of thiophene rings is 1. The summed E-state index contributed by atoms with van der Waals surface area (Å²) in [7, 11) is 0. The first-order valence-corrected chi connectivity index (χ1v) is 11.0. The molecule has 2 N–H and O–H groups in total. The summed E-state index contributed by atoms with van der Waals surface area (Å²) in [5, 5.41) is 6.62. The number of fused-ring (bicyclic) bond motifs is 1. The predicted molar refractivity (Wildman–Crippen MR) is 114 cm³/mol. The molecule has 0 bridgehead atoms. The van der Waals surface area contributed by atoms with Crippen molar-refractivity contribution in [2.75, 3.05) is 13.2 Å². The van der Waals surface area contributed by atoms with Crippen LogP contribution in [0.3, 0.4) is 0 Å². The van der Waals surface area contributed by atoms with Crippen molar-refractivity contribution in [1.82, 2.24) is 10.6 Å². The summed E-state index contributed by atoms with van der Waals surface area (Å²) < 4.78 is 5.88. The highest BCUT2D eigenvalue weighted by Gasteiger charge is 2.28. The first-order valence-electron chi connectivity index (χ1n) is 9.77. The van der Waals surface area contributed by atoms with E-state index in [9.17, 15) is 14.4 Å². The molecule has 29 heavy (non-hydrogen) atoms. The minimum Gasteiger partial charge on any atom is -0.454 e. The Bertz CT molecular complexity index is 913. The highest BCUT2D eigenvalue weighted by atomic mass is 35.5. The van der Waals surface area contributed by atoms with E-state index < -0.39 is 11.9 Å². The molecular formula is C21H25ClN2O4S. The largest absolute Gasteiger partial charge is 0.454 e. The standard InChI is InChI=1S/C21H25ClN2O4S/c1-12-6-5-8-15(13(12)2)24-17(25)11-28-18(26)10-23-21(27)20-19(22)14-7-3-4-9-16(14)29-20/h3-4,7,9,12-13,15H,5-6,8,10-11H2,1-2H3,(H,23,27)(H,24,25). The average Bonchev–Trinajstić information content (AvgIpc) is 3.05. The molecule has 1 aromatic heterocycles. The maximum absolute atomic E-state index is 12.3. The Balaban J connectivity index is 1.44. The van der Waals surface area contributed by atoms with E-state index in [1.807, 2.05) is 24.3 Å². The highest BCUT2D eigenvalue weighted by Crippen LogP contribution is 2.35. The Labute approximate surface area is 178 Å². The SMILES string of the molecule is CC1CCCC(NC(=O)COC(=O)CNC(=O)c2sc3ccccc3c2Cl)C1C. The van der Waals surface area contributed by atoms with E-state index in [0.717, 1.165) is 22.9 Å². The molecule has 1 heterocycles. The topological polar surface area (TPSA) is 84.5 Å². The number of esters is 1. The lowest BCUT2D eigenvalue weighted by molar-refractivity contribution is -0.147. The van der Waals surface area contributed by atoms with E-state index in [1.165, 1.54) is 17.8 Å². The van der Waals surface area contributed by atoms with Gasteiger partial charge in [-0.25, -0.2) is 0 Å². The van der Waals surface area contributed by atoms with Crippen LogP contribution in [0, 0.1) is 11.8 Å². The lowest BCUT2D eigenvalue weighted by atomic mass is 9.78. The molecule has 0 radical (unpaired) electrons. The zero-order valence-corrected chi connectivity index (χ0v) is 18.1. The first-order chi connectivity index (χ1) is 13.9. The van der Waals surface area contributed by atoms with E-state index in [0.29, 0.717) is 21.7 Å². The van der Waals surface area contributed by atoms with Gasteiger partial charge in [-0.1, -0.05) is 56.5 Å². The van der Waals surface area contributed by atoms with Gasteiger partial charge in [0.05, 0.1) is 5.02 Å². The molecule has 1 aliphatic carbocycles. The molecule has 1 aromatic carbocycles. The Kier molecular flexibility index (Phi) is 7.14. The fourth-order valence-electron chi connectivity index (χ4n) is 3.62. The van der Waals surface area contributed by atoms with Gasteiger partial charge < -0.3 is 15.4 Å². The number of benzene rings is 1. The second-order valence-corrected chi connectivity index (χ2v) is 8.96. The van der Waals surface area contributed by atoms with Crippen LogP contribution in [0.2, 0.25) is 5.02 Å². The molecule has 2 amide bonds. The molecule has 0 aliphatic heterocycles. The van der Waals surface area contributed by atoms with Crippen LogP contribution in [-0.4, -0.2) is 37.0 Å². The summed E-state index contributed by atoms with van der Waals surface area (Å²) in [6.45, 7) is 3.65. The van der Waals surface area contributed by atoms with Crippen molar-refractivity contribution in [2.24, 2.45) is 11.8 Å². The van der Waals surface area contributed by atoms with Crippen molar-refractivity contribution in [2.45, 2.75) is 39.2 Å². The maximum Gasteiger partial charge on any atom is 0.325 e. The molecule has 1 fully saturated rings.